The van der Waals surface area contributed by atoms with E-state index in [0.717, 1.165) is 54.8 Å². The third kappa shape index (κ3) is 3.56. The summed E-state index contributed by atoms with van der Waals surface area (Å²) >= 11 is 0. The second-order valence-electron chi connectivity index (χ2n) is 8.05. The molecule has 5 rings (SSSR count). The van der Waals surface area contributed by atoms with Gasteiger partial charge in [0.15, 0.2) is 0 Å². The quantitative estimate of drug-likeness (QED) is 0.598. The van der Waals surface area contributed by atoms with Crippen LogP contribution in [0.15, 0.2) is 42.9 Å². The molecule has 1 unspecified atom stereocenters. The fourth-order valence-electron chi connectivity index (χ4n) is 4.83. The van der Waals surface area contributed by atoms with Crippen LogP contribution < -0.4 is 10.2 Å². The lowest BCUT2D eigenvalue weighted by Gasteiger charge is -2.40. The molecule has 0 saturated carbocycles. The van der Waals surface area contributed by atoms with Crippen molar-refractivity contribution in [1.29, 1.82) is 0 Å². The van der Waals surface area contributed by atoms with Crippen molar-refractivity contribution < 1.29 is 14.7 Å². The number of carbonyl (C=O) groups is 2. The minimum absolute atomic E-state index is 0.0756. The highest BCUT2D eigenvalue weighted by atomic mass is 16.4. The van der Waals surface area contributed by atoms with Gasteiger partial charge in [0, 0.05) is 25.8 Å². The molecule has 9 heteroatoms. The number of aromatic amines is 1. The fraction of sp³-hybridized carbons (Fsp3) is 0.364. The maximum absolute atomic E-state index is 13.0. The van der Waals surface area contributed by atoms with Gasteiger partial charge in [0.25, 0.3) is 0 Å². The average molecular weight is 420 g/mol. The van der Waals surface area contributed by atoms with E-state index in [-0.39, 0.29) is 23.7 Å². The third-order valence-electron chi connectivity index (χ3n) is 6.32. The van der Waals surface area contributed by atoms with Crippen molar-refractivity contribution in [1.82, 2.24) is 25.2 Å². The van der Waals surface area contributed by atoms with Gasteiger partial charge in [-0.05, 0) is 43.0 Å². The molecule has 3 N–H and O–H groups in total. The van der Waals surface area contributed by atoms with Crippen LogP contribution in [0.25, 0.3) is 11.0 Å². The number of anilines is 1. The number of aromatic nitrogens is 3. The second kappa shape index (κ2) is 7.90. The van der Waals surface area contributed by atoms with E-state index in [1.54, 1.807) is 30.6 Å². The van der Waals surface area contributed by atoms with Crippen LogP contribution in [-0.2, 0) is 6.54 Å². The van der Waals surface area contributed by atoms with Gasteiger partial charge in [-0.15, -0.1) is 0 Å². The monoisotopic (exact) mass is 420 g/mol. The maximum atomic E-state index is 13.0. The van der Waals surface area contributed by atoms with Gasteiger partial charge >= 0.3 is 12.0 Å². The van der Waals surface area contributed by atoms with Crippen LogP contribution in [0.4, 0.5) is 10.6 Å². The van der Waals surface area contributed by atoms with Crippen LogP contribution in [0, 0.1) is 0 Å². The number of H-pyrrole nitrogens is 1. The normalized spacial score (nSPS) is 20.6. The topological polar surface area (TPSA) is 114 Å². The molecule has 2 atom stereocenters. The Hall–Kier alpha value is -3.62. The zero-order valence-corrected chi connectivity index (χ0v) is 17.0. The Labute approximate surface area is 179 Å². The van der Waals surface area contributed by atoms with Gasteiger partial charge in [0.1, 0.15) is 17.8 Å². The van der Waals surface area contributed by atoms with Gasteiger partial charge in [-0.25, -0.2) is 19.6 Å². The summed E-state index contributed by atoms with van der Waals surface area (Å²) in [6.45, 7) is 1.96. The molecule has 1 aromatic carbocycles. The molecule has 3 aromatic rings. The molecule has 2 aromatic heterocycles. The van der Waals surface area contributed by atoms with Crippen molar-refractivity contribution >= 4 is 28.9 Å². The van der Waals surface area contributed by atoms with Gasteiger partial charge in [-0.3, -0.25) is 0 Å². The number of amides is 2. The molecule has 2 saturated heterocycles. The van der Waals surface area contributed by atoms with Crippen molar-refractivity contribution in [2.75, 3.05) is 18.0 Å². The van der Waals surface area contributed by atoms with E-state index in [9.17, 15) is 9.59 Å². The first-order valence-electron chi connectivity index (χ1n) is 10.5. The SMILES string of the molecule is O=C(O)c1ccc(CNC(=O)N2CCC[C@@H]3C2CCN3c2ncnc3[nH]ccc23)cc1. The Bertz CT molecular complexity index is 1110. The lowest BCUT2D eigenvalue weighted by atomic mass is 9.97. The van der Waals surface area contributed by atoms with E-state index in [1.165, 1.54) is 0 Å². The Balaban J connectivity index is 1.27. The predicted molar refractivity (Wildman–Crippen MR) is 115 cm³/mol. The van der Waals surface area contributed by atoms with Crippen LogP contribution in [0.3, 0.4) is 0 Å². The number of carboxylic acid groups (broad SMARTS) is 1. The summed E-state index contributed by atoms with van der Waals surface area (Å²) in [4.78, 5) is 40.2. The van der Waals surface area contributed by atoms with E-state index >= 15 is 0 Å². The molecule has 0 aliphatic carbocycles. The summed E-state index contributed by atoms with van der Waals surface area (Å²) in [5.41, 5.74) is 1.94. The summed E-state index contributed by atoms with van der Waals surface area (Å²) < 4.78 is 0. The standard InChI is InChI=1S/C22H24N6O3/c29-21(30)15-5-3-14(4-6-15)12-24-22(31)28-10-1-2-17-18(28)8-11-27(17)20-16-7-9-23-19(16)25-13-26-20/h3-7,9,13,17-18H,1-2,8,10-12H2,(H,24,31)(H,29,30)(H,23,25,26)/t17-,18?/m1/s1. The van der Waals surface area contributed by atoms with Crippen LogP contribution in [0.2, 0.25) is 0 Å². The Morgan fingerprint density at radius 1 is 1.10 bits per heavy atom. The van der Waals surface area contributed by atoms with Gasteiger partial charge < -0.3 is 25.2 Å². The number of aromatic carboxylic acids is 1. The van der Waals surface area contributed by atoms with Crippen LogP contribution >= 0.6 is 0 Å². The molecule has 2 aliphatic rings. The molecule has 2 amide bonds. The zero-order chi connectivity index (χ0) is 21.4. The van der Waals surface area contributed by atoms with Gasteiger partial charge in [-0.2, -0.15) is 0 Å². The summed E-state index contributed by atoms with van der Waals surface area (Å²) in [7, 11) is 0. The van der Waals surface area contributed by atoms with Crippen LogP contribution in [0.5, 0.6) is 0 Å². The molecule has 0 spiro atoms. The van der Waals surface area contributed by atoms with Crippen molar-refractivity contribution in [2.45, 2.75) is 37.9 Å². The summed E-state index contributed by atoms with van der Waals surface area (Å²) in [6.07, 6.45) is 6.34. The highest BCUT2D eigenvalue weighted by molar-refractivity contribution is 5.88. The maximum Gasteiger partial charge on any atom is 0.335 e. The first-order chi connectivity index (χ1) is 15.1. The Morgan fingerprint density at radius 2 is 1.94 bits per heavy atom. The number of hydrogen-bond acceptors (Lipinski definition) is 5. The molecule has 2 fully saturated rings. The van der Waals surface area contributed by atoms with Gasteiger partial charge in [0.05, 0.1) is 23.0 Å². The molecule has 4 heterocycles. The van der Waals surface area contributed by atoms with E-state index in [2.05, 4.69) is 25.2 Å². The third-order valence-corrected chi connectivity index (χ3v) is 6.32. The van der Waals surface area contributed by atoms with E-state index < -0.39 is 5.97 Å². The van der Waals surface area contributed by atoms with Crippen LogP contribution in [-0.4, -0.2) is 62.1 Å². The molecular formula is C22H24N6O3. The highest BCUT2D eigenvalue weighted by Gasteiger charge is 2.42. The molecule has 2 aliphatic heterocycles. The second-order valence-corrected chi connectivity index (χ2v) is 8.05. The number of piperidine rings is 1. The number of hydrogen-bond donors (Lipinski definition) is 3. The molecule has 31 heavy (non-hydrogen) atoms. The number of likely N-dealkylation sites (tertiary alicyclic amines) is 1. The summed E-state index contributed by atoms with van der Waals surface area (Å²) in [5, 5.41) is 13.0. The van der Waals surface area contributed by atoms with Gasteiger partial charge in [-0.1, -0.05) is 12.1 Å². The zero-order valence-electron chi connectivity index (χ0n) is 17.0. The number of fused-ring (bicyclic) bond motifs is 2. The number of urea groups is 1. The predicted octanol–water partition coefficient (Wildman–Crippen LogP) is 2.61. The first kappa shape index (κ1) is 19.3. The first-order valence-corrected chi connectivity index (χ1v) is 10.5. The summed E-state index contributed by atoms with van der Waals surface area (Å²) in [5.74, 6) is -0.0270. The number of benzene rings is 1. The molecule has 160 valence electrons. The number of carboxylic acids is 1. The van der Waals surface area contributed by atoms with Crippen molar-refractivity contribution in [2.24, 2.45) is 0 Å². The van der Waals surface area contributed by atoms with Crippen molar-refractivity contribution in [3.63, 3.8) is 0 Å². The molecule has 0 bridgehead atoms. The Morgan fingerprint density at radius 3 is 2.74 bits per heavy atom. The number of nitrogens with zero attached hydrogens (tertiary/aromatic N) is 4. The van der Waals surface area contributed by atoms with Crippen LogP contribution in [0.1, 0.15) is 35.2 Å². The van der Waals surface area contributed by atoms with Crippen molar-refractivity contribution in [3.05, 3.63) is 54.0 Å². The lowest BCUT2D eigenvalue weighted by molar-refractivity contribution is 0.0696. The fourth-order valence-corrected chi connectivity index (χ4v) is 4.83. The largest absolute Gasteiger partial charge is 0.478 e. The number of carbonyl (C=O) groups excluding carboxylic acids is 1. The number of nitrogens with one attached hydrogen (secondary N) is 2. The minimum atomic E-state index is -0.957. The van der Waals surface area contributed by atoms with Crippen molar-refractivity contribution in [3.8, 4) is 0 Å². The Kier molecular flexibility index (Phi) is 4.93. The van der Waals surface area contributed by atoms with E-state index in [0.29, 0.717) is 6.54 Å². The minimum Gasteiger partial charge on any atom is -0.478 e. The molecule has 9 nitrogen and oxygen atoms in total. The average Bonchev–Trinajstić information content (AvgIpc) is 3.44. The van der Waals surface area contributed by atoms with E-state index in [4.69, 9.17) is 5.11 Å². The smallest absolute Gasteiger partial charge is 0.335 e. The summed E-state index contributed by atoms with van der Waals surface area (Å²) in [6, 6.07) is 8.89. The van der Waals surface area contributed by atoms with E-state index in [1.807, 2.05) is 17.2 Å². The number of rotatable bonds is 4. The van der Waals surface area contributed by atoms with Gasteiger partial charge in [0.2, 0.25) is 0 Å². The molecule has 0 radical (unpaired) electrons. The lowest BCUT2D eigenvalue weighted by Crippen LogP contribution is -2.54. The highest BCUT2D eigenvalue weighted by Crippen LogP contribution is 2.35. The molecular weight excluding hydrogens is 396 g/mol.